The Bertz CT molecular complexity index is 768. The number of halogens is 1. The van der Waals surface area contributed by atoms with Gasteiger partial charge >= 0.3 is 0 Å². The van der Waals surface area contributed by atoms with Crippen molar-refractivity contribution in [3.8, 4) is 0 Å². The van der Waals surface area contributed by atoms with Crippen LogP contribution in [0.3, 0.4) is 0 Å². The summed E-state index contributed by atoms with van der Waals surface area (Å²) in [4.78, 5) is 25.5. The Balaban J connectivity index is 1.92. The Morgan fingerprint density at radius 1 is 1.30 bits per heavy atom. The van der Waals surface area contributed by atoms with E-state index >= 15 is 0 Å². The molecule has 2 aromatic rings. The van der Waals surface area contributed by atoms with Crippen molar-refractivity contribution in [2.75, 3.05) is 5.32 Å². The van der Waals surface area contributed by atoms with Gasteiger partial charge in [-0.05, 0) is 55.0 Å². The van der Waals surface area contributed by atoms with Gasteiger partial charge in [0.1, 0.15) is 5.00 Å². The molecule has 1 aromatic heterocycles. The number of thiophene rings is 1. The smallest absolute Gasteiger partial charge is 0.256 e. The minimum Gasteiger partial charge on any atom is -0.365 e. The summed E-state index contributed by atoms with van der Waals surface area (Å²) in [6.45, 7) is 2.17. The van der Waals surface area contributed by atoms with E-state index in [2.05, 4.69) is 28.2 Å². The van der Waals surface area contributed by atoms with E-state index in [0.29, 0.717) is 22.0 Å². The number of nitrogens with two attached hydrogens (primary N) is 1. The van der Waals surface area contributed by atoms with Gasteiger partial charge in [0.05, 0.1) is 5.56 Å². The molecule has 0 bridgehead atoms. The van der Waals surface area contributed by atoms with E-state index in [1.165, 1.54) is 16.2 Å². The molecule has 0 radical (unpaired) electrons. The summed E-state index contributed by atoms with van der Waals surface area (Å²) in [7, 11) is 0. The van der Waals surface area contributed by atoms with Gasteiger partial charge in [0.25, 0.3) is 11.8 Å². The van der Waals surface area contributed by atoms with E-state index in [-0.39, 0.29) is 5.91 Å². The van der Waals surface area contributed by atoms with Gasteiger partial charge in [-0.25, -0.2) is 0 Å². The lowest BCUT2D eigenvalue weighted by Crippen LogP contribution is -2.19. The minimum atomic E-state index is -0.470. The van der Waals surface area contributed by atoms with E-state index < -0.39 is 5.91 Å². The van der Waals surface area contributed by atoms with Crippen LogP contribution >= 0.6 is 27.3 Å². The Hall–Kier alpha value is -1.66. The zero-order chi connectivity index (χ0) is 16.6. The molecule has 0 fully saturated rings. The fourth-order valence-corrected chi connectivity index (χ4v) is 4.39. The van der Waals surface area contributed by atoms with E-state index in [0.717, 1.165) is 29.3 Å². The number of primary amides is 1. The zero-order valence-electron chi connectivity index (χ0n) is 12.7. The topological polar surface area (TPSA) is 72.2 Å². The molecular formula is C17H17BrN2O2S. The average molecular weight is 393 g/mol. The van der Waals surface area contributed by atoms with Crippen LogP contribution in [0.4, 0.5) is 5.00 Å². The lowest BCUT2D eigenvalue weighted by molar-refractivity contribution is 0.1000. The lowest BCUT2D eigenvalue weighted by Gasteiger charge is -2.18. The summed E-state index contributed by atoms with van der Waals surface area (Å²) < 4.78 is 0.910. The first-order valence-corrected chi connectivity index (χ1v) is 9.08. The zero-order valence-corrected chi connectivity index (χ0v) is 15.1. The molecule has 1 heterocycles. The number of nitrogens with one attached hydrogen (secondary N) is 1. The quantitative estimate of drug-likeness (QED) is 0.828. The van der Waals surface area contributed by atoms with Crippen molar-refractivity contribution in [1.82, 2.24) is 0 Å². The molecule has 3 N–H and O–H groups in total. The van der Waals surface area contributed by atoms with Crippen molar-refractivity contribution in [3.05, 3.63) is 50.3 Å². The predicted octanol–water partition coefficient (Wildman–Crippen LogP) is 3.99. The van der Waals surface area contributed by atoms with Crippen molar-refractivity contribution >= 4 is 44.1 Å². The van der Waals surface area contributed by atoms with Crippen LogP contribution in [0.2, 0.25) is 0 Å². The molecule has 3 rings (SSSR count). The van der Waals surface area contributed by atoms with Gasteiger partial charge in [-0.3, -0.25) is 9.59 Å². The molecule has 1 atom stereocenters. The van der Waals surface area contributed by atoms with Crippen LogP contribution in [-0.2, 0) is 12.8 Å². The Morgan fingerprint density at radius 3 is 2.65 bits per heavy atom. The maximum Gasteiger partial charge on any atom is 0.256 e. The number of hydrogen-bond acceptors (Lipinski definition) is 3. The van der Waals surface area contributed by atoms with Crippen LogP contribution in [0.15, 0.2) is 28.7 Å². The first-order valence-electron chi connectivity index (χ1n) is 7.47. The van der Waals surface area contributed by atoms with E-state index in [1.807, 2.05) is 12.1 Å². The van der Waals surface area contributed by atoms with Crippen LogP contribution in [0.5, 0.6) is 0 Å². The highest BCUT2D eigenvalue weighted by Crippen LogP contribution is 2.39. The van der Waals surface area contributed by atoms with Gasteiger partial charge in [-0.1, -0.05) is 22.9 Å². The van der Waals surface area contributed by atoms with Crippen molar-refractivity contribution in [3.63, 3.8) is 0 Å². The van der Waals surface area contributed by atoms with Gasteiger partial charge in [-0.2, -0.15) is 0 Å². The number of aryl methyl sites for hydroxylation is 1. The van der Waals surface area contributed by atoms with E-state index in [4.69, 9.17) is 5.73 Å². The molecular weight excluding hydrogens is 376 g/mol. The molecule has 4 nitrogen and oxygen atoms in total. The number of hydrogen-bond donors (Lipinski definition) is 2. The third kappa shape index (κ3) is 3.33. The van der Waals surface area contributed by atoms with E-state index in [1.54, 1.807) is 12.1 Å². The Morgan fingerprint density at radius 2 is 2.00 bits per heavy atom. The summed E-state index contributed by atoms with van der Waals surface area (Å²) in [6, 6.07) is 7.09. The van der Waals surface area contributed by atoms with Crippen LogP contribution in [0, 0.1) is 5.92 Å². The number of anilines is 1. The molecule has 23 heavy (non-hydrogen) atoms. The third-order valence-electron chi connectivity index (χ3n) is 4.09. The lowest BCUT2D eigenvalue weighted by atomic mass is 9.87. The molecule has 120 valence electrons. The molecule has 1 aliphatic rings. The maximum atomic E-state index is 12.4. The van der Waals surface area contributed by atoms with Crippen molar-refractivity contribution in [2.45, 2.75) is 26.2 Å². The maximum absolute atomic E-state index is 12.4. The number of fused-ring (bicyclic) bond motifs is 1. The molecule has 6 heteroatoms. The second kappa shape index (κ2) is 6.45. The largest absolute Gasteiger partial charge is 0.365 e. The Kier molecular flexibility index (Phi) is 4.55. The van der Waals surface area contributed by atoms with Gasteiger partial charge < -0.3 is 11.1 Å². The molecule has 0 saturated carbocycles. The Labute approximate surface area is 147 Å². The highest BCUT2D eigenvalue weighted by molar-refractivity contribution is 9.10. The van der Waals surface area contributed by atoms with Crippen LogP contribution in [0.25, 0.3) is 0 Å². The average Bonchev–Trinajstić information content (AvgIpc) is 2.84. The number of carbonyl (C=O) groups excluding carboxylic acids is 2. The van der Waals surface area contributed by atoms with Crippen molar-refractivity contribution < 1.29 is 9.59 Å². The summed E-state index contributed by atoms with van der Waals surface area (Å²) in [5.74, 6) is -0.167. The summed E-state index contributed by atoms with van der Waals surface area (Å²) in [5.41, 5.74) is 7.63. The molecule has 0 spiro atoms. The SMILES string of the molecule is CC1CCc2sc(NC(=O)c3ccc(Br)cc3)c(C(N)=O)c2C1. The molecule has 1 aromatic carbocycles. The normalized spacial score (nSPS) is 16.7. The van der Waals surface area contributed by atoms with Gasteiger partial charge in [0.2, 0.25) is 0 Å². The standard InChI is InChI=1S/C17H17BrN2O2S/c1-9-2-7-13-12(8-9)14(15(19)21)17(23-13)20-16(22)10-3-5-11(18)6-4-10/h3-6,9H,2,7-8H2,1H3,(H2,19,21)(H,20,22). The number of benzene rings is 1. The second-order valence-electron chi connectivity index (χ2n) is 5.88. The van der Waals surface area contributed by atoms with Crippen LogP contribution in [-0.4, -0.2) is 11.8 Å². The second-order valence-corrected chi connectivity index (χ2v) is 7.90. The van der Waals surface area contributed by atoms with Crippen LogP contribution in [0.1, 0.15) is 44.5 Å². The number of rotatable bonds is 3. The first kappa shape index (κ1) is 16.2. The fourth-order valence-electron chi connectivity index (χ4n) is 2.88. The fraction of sp³-hybridized carbons (Fsp3) is 0.294. The molecule has 0 saturated heterocycles. The molecule has 2 amide bonds. The van der Waals surface area contributed by atoms with Gasteiger partial charge in [-0.15, -0.1) is 11.3 Å². The molecule has 1 aliphatic carbocycles. The predicted molar refractivity (Wildman–Crippen MR) is 96.1 cm³/mol. The van der Waals surface area contributed by atoms with Crippen molar-refractivity contribution in [2.24, 2.45) is 11.7 Å². The van der Waals surface area contributed by atoms with E-state index in [9.17, 15) is 9.59 Å². The highest BCUT2D eigenvalue weighted by Gasteiger charge is 2.27. The van der Waals surface area contributed by atoms with Gasteiger partial charge in [0.15, 0.2) is 0 Å². The van der Waals surface area contributed by atoms with Crippen molar-refractivity contribution in [1.29, 1.82) is 0 Å². The number of amides is 2. The third-order valence-corrected chi connectivity index (χ3v) is 5.82. The number of carbonyl (C=O) groups is 2. The van der Waals surface area contributed by atoms with Gasteiger partial charge in [0, 0.05) is 14.9 Å². The minimum absolute atomic E-state index is 0.230. The summed E-state index contributed by atoms with van der Waals surface area (Å²) >= 11 is 4.82. The molecule has 1 unspecified atom stereocenters. The molecule has 0 aliphatic heterocycles. The monoisotopic (exact) mass is 392 g/mol. The van der Waals surface area contributed by atoms with Crippen LogP contribution < -0.4 is 11.1 Å². The first-order chi connectivity index (χ1) is 11.0. The summed E-state index contributed by atoms with van der Waals surface area (Å²) in [5, 5.41) is 3.44. The summed E-state index contributed by atoms with van der Waals surface area (Å²) in [6.07, 6.45) is 2.89. The highest BCUT2D eigenvalue weighted by atomic mass is 79.9.